The Bertz CT molecular complexity index is 368. The minimum Gasteiger partial charge on any atom is -0.371 e. The molecule has 1 saturated heterocycles. The normalized spacial score (nSPS) is 16.7. The SMILES string of the molecule is CC(C)CNCc1cc(N2CCCCCC2)ccn1. The Balaban J connectivity index is 1.93. The average molecular weight is 261 g/mol. The van der Waals surface area contributed by atoms with Gasteiger partial charge in [0.25, 0.3) is 0 Å². The molecule has 0 unspecified atom stereocenters. The third kappa shape index (κ3) is 4.83. The van der Waals surface area contributed by atoms with Gasteiger partial charge in [0.2, 0.25) is 0 Å². The highest BCUT2D eigenvalue weighted by molar-refractivity contribution is 5.46. The van der Waals surface area contributed by atoms with Gasteiger partial charge >= 0.3 is 0 Å². The third-order valence-electron chi connectivity index (χ3n) is 3.63. The molecule has 1 aromatic rings. The van der Waals surface area contributed by atoms with Crippen LogP contribution in [-0.4, -0.2) is 24.6 Å². The van der Waals surface area contributed by atoms with Crippen LogP contribution in [0.2, 0.25) is 0 Å². The summed E-state index contributed by atoms with van der Waals surface area (Å²) < 4.78 is 0. The van der Waals surface area contributed by atoms with Gasteiger partial charge in [-0.2, -0.15) is 0 Å². The van der Waals surface area contributed by atoms with Gasteiger partial charge in [-0.05, 0) is 37.4 Å². The number of anilines is 1. The van der Waals surface area contributed by atoms with Crippen molar-refractivity contribution in [3.05, 3.63) is 24.0 Å². The quantitative estimate of drug-likeness (QED) is 0.882. The summed E-state index contributed by atoms with van der Waals surface area (Å²) in [5, 5.41) is 3.46. The number of hydrogen-bond donors (Lipinski definition) is 1. The lowest BCUT2D eigenvalue weighted by molar-refractivity contribution is 0.548. The first-order valence-corrected chi connectivity index (χ1v) is 7.66. The van der Waals surface area contributed by atoms with E-state index in [-0.39, 0.29) is 0 Å². The number of aromatic nitrogens is 1. The Morgan fingerprint density at radius 3 is 2.63 bits per heavy atom. The Kier molecular flexibility index (Phi) is 5.64. The van der Waals surface area contributed by atoms with Crippen molar-refractivity contribution >= 4 is 5.69 Å². The van der Waals surface area contributed by atoms with E-state index in [1.807, 2.05) is 6.20 Å². The van der Waals surface area contributed by atoms with Crippen LogP contribution in [0.1, 0.15) is 45.2 Å². The zero-order chi connectivity index (χ0) is 13.5. The molecule has 2 heterocycles. The van der Waals surface area contributed by atoms with Gasteiger partial charge in [-0.25, -0.2) is 0 Å². The van der Waals surface area contributed by atoms with Gasteiger partial charge in [-0.15, -0.1) is 0 Å². The van der Waals surface area contributed by atoms with Crippen LogP contribution < -0.4 is 10.2 Å². The van der Waals surface area contributed by atoms with Gasteiger partial charge in [0.05, 0.1) is 5.69 Å². The lowest BCUT2D eigenvalue weighted by atomic mass is 10.2. The summed E-state index contributed by atoms with van der Waals surface area (Å²) in [5.74, 6) is 0.689. The van der Waals surface area contributed by atoms with E-state index in [1.165, 1.54) is 44.5 Å². The molecule has 2 rings (SSSR count). The van der Waals surface area contributed by atoms with Gasteiger partial charge < -0.3 is 10.2 Å². The van der Waals surface area contributed by atoms with Crippen molar-refractivity contribution < 1.29 is 0 Å². The van der Waals surface area contributed by atoms with E-state index in [9.17, 15) is 0 Å². The van der Waals surface area contributed by atoms with Crippen LogP contribution in [0.25, 0.3) is 0 Å². The fourth-order valence-corrected chi connectivity index (χ4v) is 2.58. The minimum atomic E-state index is 0.689. The standard InChI is InChI=1S/C16H27N3/c1-14(2)12-17-13-15-11-16(7-8-18-15)19-9-5-3-4-6-10-19/h7-8,11,14,17H,3-6,9-10,12-13H2,1-2H3. The second kappa shape index (κ2) is 7.49. The summed E-state index contributed by atoms with van der Waals surface area (Å²) in [5.41, 5.74) is 2.50. The van der Waals surface area contributed by atoms with Crippen molar-refractivity contribution in [2.75, 3.05) is 24.5 Å². The Hall–Kier alpha value is -1.09. The molecule has 1 aliphatic heterocycles. The lowest BCUT2D eigenvalue weighted by Crippen LogP contribution is -2.24. The van der Waals surface area contributed by atoms with Gasteiger partial charge in [-0.1, -0.05) is 26.7 Å². The summed E-state index contributed by atoms with van der Waals surface area (Å²) >= 11 is 0. The molecule has 0 atom stereocenters. The van der Waals surface area contributed by atoms with Crippen molar-refractivity contribution in [1.82, 2.24) is 10.3 Å². The third-order valence-corrected chi connectivity index (χ3v) is 3.63. The molecule has 0 aromatic carbocycles. The Labute approximate surface area is 117 Å². The summed E-state index contributed by atoms with van der Waals surface area (Å²) in [4.78, 5) is 6.98. The molecule has 0 aliphatic carbocycles. The van der Waals surface area contributed by atoms with Crippen molar-refractivity contribution in [2.24, 2.45) is 5.92 Å². The molecule has 1 fully saturated rings. The van der Waals surface area contributed by atoms with Gasteiger partial charge in [-0.3, -0.25) is 4.98 Å². The first-order valence-electron chi connectivity index (χ1n) is 7.66. The second-order valence-corrected chi connectivity index (χ2v) is 5.93. The van der Waals surface area contributed by atoms with Gasteiger partial charge in [0.1, 0.15) is 0 Å². The van der Waals surface area contributed by atoms with E-state index in [4.69, 9.17) is 0 Å². The van der Waals surface area contributed by atoms with Crippen LogP contribution in [0.5, 0.6) is 0 Å². The predicted octanol–water partition coefficient (Wildman–Crippen LogP) is 3.21. The number of nitrogens with zero attached hydrogens (tertiary/aromatic N) is 2. The maximum absolute atomic E-state index is 4.47. The maximum Gasteiger partial charge on any atom is 0.0562 e. The molecule has 106 valence electrons. The molecule has 3 heteroatoms. The van der Waals surface area contributed by atoms with Crippen molar-refractivity contribution in [2.45, 2.75) is 46.1 Å². The smallest absolute Gasteiger partial charge is 0.0562 e. The van der Waals surface area contributed by atoms with Crippen LogP contribution in [0.15, 0.2) is 18.3 Å². The molecule has 19 heavy (non-hydrogen) atoms. The first kappa shape index (κ1) is 14.3. The monoisotopic (exact) mass is 261 g/mol. The molecule has 0 amide bonds. The zero-order valence-electron chi connectivity index (χ0n) is 12.4. The van der Waals surface area contributed by atoms with Crippen LogP contribution in [0.4, 0.5) is 5.69 Å². The van der Waals surface area contributed by atoms with Crippen LogP contribution in [-0.2, 0) is 6.54 Å². The Morgan fingerprint density at radius 2 is 1.95 bits per heavy atom. The molecule has 0 saturated carbocycles. The molecule has 0 radical (unpaired) electrons. The van der Waals surface area contributed by atoms with E-state index in [0.717, 1.165) is 18.8 Å². The molecule has 0 bridgehead atoms. The summed E-state index contributed by atoms with van der Waals surface area (Å²) in [6.45, 7) is 8.78. The van der Waals surface area contributed by atoms with Crippen LogP contribution in [0.3, 0.4) is 0 Å². The van der Waals surface area contributed by atoms with Crippen molar-refractivity contribution in [1.29, 1.82) is 0 Å². The Morgan fingerprint density at radius 1 is 1.21 bits per heavy atom. The van der Waals surface area contributed by atoms with E-state index in [1.54, 1.807) is 0 Å². The fourth-order valence-electron chi connectivity index (χ4n) is 2.58. The fraction of sp³-hybridized carbons (Fsp3) is 0.688. The van der Waals surface area contributed by atoms with Gasteiger partial charge in [0.15, 0.2) is 0 Å². The molecular weight excluding hydrogens is 234 g/mol. The van der Waals surface area contributed by atoms with Crippen molar-refractivity contribution in [3.63, 3.8) is 0 Å². The number of rotatable bonds is 5. The van der Waals surface area contributed by atoms with E-state index in [0.29, 0.717) is 5.92 Å². The average Bonchev–Trinajstić information content (AvgIpc) is 2.67. The first-order chi connectivity index (χ1) is 9.25. The topological polar surface area (TPSA) is 28.2 Å². The highest BCUT2D eigenvalue weighted by atomic mass is 15.1. The highest BCUT2D eigenvalue weighted by Crippen LogP contribution is 2.19. The minimum absolute atomic E-state index is 0.689. The summed E-state index contributed by atoms with van der Waals surface area (Å²) in [7, 11) is 0. The number of pyridine rings is 1. The van der Waals surface area contributed by atoms with E-state index in [2.05, 4.69) is 41.2 Å². The highest BCUT2D eigenvalue weighted by Gasteiger charge is 2.10. The molecule has 1 aromatic heterocycles. The maximum atomic E-state index is 4.47. The summed E-state index contributed by atoms with van der Waals surface area (Å²) in [6, 6.07) is 4.40. The molecule has 3 nitrogen and oxygen atoms in total. The predicted molar refractivity (Wildman–Crippen MR) is 81.5 cm³/mol. The van der Waals surface area contributed by atoms with Crippen molar-refractivity contribution in [3.8, 4) is 0 Å². The van der Waals surface area contributed by atoms with E-state index < -0.39 is 0 Å². The van der Waals surface area contributed by atoms with Crippen LogP contribution >= 0.6 is 0 Å². The second-order valence-electron chi connectivity index (χ2n) is 5.93. The molecule has 0 spiro atoms. The van der Waals surface area contributed by atoms with Gasteiger partial charge in [0, 0.05) is 31.5 Å². The molecule has 1 aliphatic rings. The lowest BCUT2D eigenvalue weighted by Gasteiger charge is -2.23. The molecule has 1 N–H and O–H groups in total. The zero-order valence-corrected chi connectivity index (χ0v) is 12.4. The van der Waals surface area contributed by atoms with Crippen LogP contribution in [0, 0.1) is 5.92 Å². The largest absolute Gasteiger partial charge is 0.371 e. The molecular formula is C16H27N3. The number of nitrogens with one attached hydrogen (secondary N) is 1. The van der Waals surface area contributed by atoms with E-state index >= 15 is 0 Å². The summed E-state index contributed by atoms with van der Waals surface area (Å²) in [6.07, 6.45) is 7.36. The number of hydrogen-bond acceptors (Lipinski definition) is 3.